The van der Waals surface area contributed by atoms with Gasteiger partial charge < -0.3 is 0 Å². The van der Waals surface area contributed by atoms with E-state index in [0.717, 1.165) is 11.5 Å². The minimum absolute atomic E-state index is 0.00262. The molecular formula is C5H4ClF2N3OS. The highest BCUT2D eigenvalue weighted by molar-refractivity contribution is 7.09. The molecule has 1 N–H and O–H groups in total. The first-order valence-electron chi connectivity index (χ1n) is 3.08. The largest absolute Gasteiger partial charge is 0.400 e. The summed E-state index contributed by atoms with van der Waals surface area (Å²) in [6.07, 6.45) is 0. The molecule has 0 aromatic carbocycles. The molecule has 0 saturated carbocycles. The Kier molecular flexibility index (Phi) is 2.77. The van der Waals surface area contributed by atoms with Crippen LogP contribution in [0, 0.1) is 6.92 Å². The van der Waals surface area contributed by atoms with Crippen molar-refractivity contribution in [3.8, 4) is 0 Å². The Morgan fingerprint density at radius 1 is 1.69 bits per heavy atom. The zero-order valence-electron chi connectivity index (χ0n) is 6.34. The van der Waals surface area contributed by atoms with Gasteiger partial charge in [-0.15, -0.1) is 0 Å². The molecule has 8 heteroatoms. The number of hydrogen-bond acceptors (Lipinski definition) is 4. The van der Waals surface area contributed by atoms with Crippen molar-refractivity contribution in [1.82, 2.24) is 9.36 Å². The summed E-state index contributed by atoms with van der Waals surface area (Å²) < 4.78 is 27.9. The molecule has 0 aliphatic heterocycles. The average Bonchev–Trinajstić information content (AvgIpc) is 2.33. The van der Waals surface area contributed by atoms with Gasteiger partial charge in [-0.1, -0.05) is 0 Å². The zero-order chi connectivity index (χ0) is 10.1. The van der Waals surface area contributed by atoms with Crippen molar-refractivity contribution < 1.29 is 13.6 Å². The monoisotopic (exact) mass is 227 g/mol. The van der Waals surface area contributed by atoms with E-state index in [-0.39, 0.29) is 5.13 Å². The van der Waals surface area contributed by atoms with Gasteiger partial charge in [-0.05, 0) is 18.5 Å². The predicted octanol–water partition coefficient (Wildman–Crippen LogP) is 1.62. The van der Waals surface area contributed by atoms with E-state index >= 15 is 0 Å². The Morgan fingerprint density at radius 3 is 2.69 bits per heavy atom. The predicted molar refractivity (Wildman–Crippen MR) is 44.1 cm³/mol. The number of nitrogens with zero attached hydrogens (tertiary/aromatic N) is 2. The molecule has 1 aromatic rings. The summed E-state index contributed by atoms with van der Waals surface area (Å²) in [6.45, 7) is 1.57. The summed E-state index contributed by atoms with van der Waals surface area (Å²) in [5, 5.41) is -2.09. The van der Waals surface area contributed by atoms with E-state index in [1.807, 2.05) is 5.32 Å². The van der Waals surface area contributed by atoms with Crippen molar-refractivity contribution >= 4 is 34.2 Å². The van der Waals surface area contributed by atoms with Gasteiger partial charge in [-0.2, -0.15) is 13.2 Å². The molecular weight excluding hydrogens is 224 g/mol. The number of rotatable bonds is 2. The Balaban J connectivity index is 2.65. The van der Waals surface area contributed by atoms with Crippen LogP contribution in [0.2, 0.25) is 0 Å². The molecule has 0 fully saturated rings. The van der Waals surface area contributed by atoms with E-state index in [1.54, 1.807) is 6.92 Å². The van der Waals surface area contributed by atoms with E-state index in [9.17, 15) is 13.6 Å². The number of nitrogens with one attached hydrogen (secondary N) is 1. The number of carbonyl (C=O) groups excluding carboxylic acids is 1. The first-order chi connectivity index (χ1) is 5.89. The van der Waals surface area contributed by atoms with E-state index < -0.39 is 11.3 Å². The van der Waals surface area contributed by atoms with Gasteiger partial charge in [-0.3, -0.25) is 10.1 Å². The van der Waals surface area contributed by atoms with E-state index in [2.05, 4.69) is 21.0 Å². The lowest BCUT2D eigenvalue weighted by Gasteiger charge is -2.04. The van der Waals surface area contributed by atoms with E-state index in [0.29, 0.717) is 5.82 Å². The Labute approximate surface area is 81.1 Å². The first kappa shape index (κ1) is 10.3. The van der Waals surface area contributed by atoms with Crippen molar-refractivity contribution in [2.75, 3.05) is 5.32 Å². The quantitative estimate of drug-likeness (QED) is 0.781. The summed E-state index contributed by atoms with van der Waals surface area (Å²) in [7, 11) is 0. The molecule has 0 aliphatic rings. The fourth-order valence-electron chi connectivity index (χ4n) is 0.516. The second-order valence-corrected chi connectivity index (χ2v) is 3.33. The standard InChI is InChI=1S/C5H4ClF2N3OS/c1-2-9-4(13-11-2)10-3(12)5(6,7)8/h1H3,(H,9,10,11,12). The van der Waals surface area contributed by atoms with Crippen LogP contribution < -0.4 is 5.32 Å². The van der Waals surface area contributed by atoms with Gasteiger partial charge in [0.05, 0.1) is 0 Å². The molecule has 13 heavy (non-hydrogen) atoms. The van der Waals surface area contributed by atoms with Gasteiger partial charge in [0.2, 0.25) is 5.13 Å². The van der Waals surface area contributed by atoms with Crippen LogP contribution in [-0.2, 0) is 4.79 Å². The lowest BCUT2D eigenvalue weighted by atomic mass is 10.6. The second-order valence-electron chi connectivity index (χ2n) is 2.10. The molecule has 0 bridgehead atoms. The number of alkyl halides is 3. The van der Waals surface area contributed by atoms with Crippen molar-refractivity contribution in [1.29, 1.82) is 0 Å². The Hall–Kier alpha value is -0.820. The van der Waals surface area contributed by atoms with E-state index in [1.165, 1.54) is 0 Å². The van der Waals surface area contributed by atoms with Crippen molar-refractivity contribution in [3.05, 3.63) is 5.82 Å². The molecule has 0 saturated heterocycles. The van der Waals surface area contributed by atoms with Gasteiger partial charge in [0.1, 0.15) is 5.82 Å². The van der Waals surface area contributed by atoms with Gasteiger partial charge >= 0.3 is 11.3 Å². The lowest BCUT2D eigenvalue weighted by Crippen LogP contribution is -2.28. The Bertz CT molecular complexity index is 324. The minimum atomic E-state index is -3.92. The van der Waals surface area contributed by atoms with Crippen LogP contribution in [0.15, 0.2) is 0 Å². The molecule has 1 aromatic heterocycles. The summed E-state index contributed by atoms with van der Waals surface area (Å²) in [6, 6.07) is 0. The highest BCUT2D eigenvalue weighted by atomic mass is 35.5. The SMILES string of the molecule is Cc1nsc(NC(=O)C(F)(F)Cl)n1. The number of hydrogen-bond donors (Lipinski definition) is 1. The normalized spacial score (nSPS) is 11.4. The Morgan fingerprint density at radius 2 is 2.31 bits per heavy atom. The lowest BCUT2D eigenvalue weighted by molar-refractivity contribution is -0.130. The maximum absolute atomic E-state index is 12.1. The minimum Gasteiger partial charge on any atom is -0.294 e. The number of amides is 1. The molecule has 1 heterocycles. The number of aryl methyl sites for hydroxylation is 1. The maximum atomic E-state index is 12.1. The van der Waals surface area contributed by atoms with Crippen LogP contribution in [0.25, 0.3) is 0 Å². The molecule has 0 spiro atoms. The van der Waals surface area contributed by atoms with Crippen molar-refractivity contribution in [3.63, 3.8) is 0 Å². The summed E-state index contributed by atoms with van der Waals surface area (Å²) in [4.78, 5) is 14.2. The van der Waals surface area contributed by atoms with Crippen LogP contribution >= 0.6 is 23.1 Å². The van der Waals surface area contributed by atoms with Crippen LogP contribution in [0.1, 0.15) is 5.82 Å². The molecule has 0 aliphatic carbocycles. The van der Waals surface area contributed by atoms with Gasteiger partial charge in [0, 0.05) is 11.5 Å². The van der Waals surface area contributed by atoms with Crippen molar-refractivity contribution in [2.45, 2.75) is 12.3 Å². The highest BCUT2D eigenvalue weighted by Gasteiger charge is 2.36. The number of carbonyl (C=O) groups is 1. The fraction of sp³-hybridized carbons (Fsp3) is 0.400. The molecule has 0 unspecified atom stereocenters. The number of halogens is 3. The topological polar surface area (TPSA) is 54.9 Å². The highest BCUT2D eigenvalue weighted by Crippen LogP contribution is 2.21. The fourth-order valence-corrected chi connectivity index (χ4v) is 1.13. The van der Waals surface area contributed by atoms with Crippen LogP contribution in [0.3, 0.4) is 0 Å². The van der Waals surface area contributed by atoms with Crippen LogP contribution in [0.5, 0.6) is 0 Å². The summed E-state index contributed by atoms with van der Waals surface area (Å²) in [5.74, 6) is -1.21. The smallest absolute Gasteiger partial charge is 0.294 e. The maximum Gasteiger partial charge on any atom is 0.400 e. The third-order valence-corrected chi connectivity index (χ3v) is 1.90. The number of aromatic nitrogens is 2. The molecule has 0 radical (unpaired) electrons. The van der Waals surface area contributed by atoms with Gasteiger partial charge in [0.15, 0.2) is 0 Å². The van der Waals surface area contributed by atoms with Crippen LogP contribution in [-0.4, -0.2) is 20.6 Å². The van der Waals surface area contributed by atoms with Gasteiger partial charge in [-0.25, -0.2) is 4.98 Å². The first-order valence-corrected chi connectivity index (χ1v) is 4.23. The molecule has 1 amide bonds. The summed E-state index contributed by atoms with van der Waals surface area (Å²) in [5.41, 5.74) is 0. The second kappa shape index (κ2) is 3.51. The zero-order valence-corrected chi connectivity index (χ0v) is 7.92. The molecule has 72 valence electrons. The third kappa shape index (κ3) is 2.85. The molecule has 0 atom stereocenters. The molecule has 4 nitrogen and oxygen atoms in total. The van der Waals surface area contributed by atoms with Crippen molar-refractivity contribution in [2.24, 2.45) is 0 Å². The van der Waals surface area contributed by atoms with Gasteiger partial charge in [0.25, 0.3) is 0 Å². The van der Waals surface area contributed by atoms with E-state index in [4.69, 9.17) is 0 Å². The molecule has 1 rings (SSSR count). The van der Waals surface area contributed by atoms with Crippen LogP contribution in [0.4, 0.5) is 13.9 Å². The average molecular weight is 228 g/mol. The third-order valence-electron chi connectivity index (χ3n) is 1.01. The number of anilines is 1. The summed E-state index contributed by atoms with van der Waals surface area (Å²) >= 11 is 5.26.